The van der Waals surface area contributed by atoms with Crippen LogP contribution in [0.1, 0.15) is 97.8 Å². The molecule has 11 heteroatoms. The molecule has 1 aliphatic rings. The van der Waals surface area contributed by atoms with E-state index in [2.05, 4.69) is 55.7 Å². The first-order valence-corrected chi connectivity index (χ1v) is 18.8. The van der Waals surface area contributed by atoms with E-state index < -0.39 is 11.8 Å². The summed E-state index contributed by atoms with van der Waals surface area (Å²) in [5.74, 6) is 0.894. The van der Waals surface area contributed by atoms with Gasteiger partial charge in [-0.2, -0.15) is 13.2 Å². The average Bonchev–Trinajstić information content (AvgIpc) is 3.69. The smallest absolute Gasteiger partial charge is 0.433 e. The highest BCUT2D eigenvalue weighted by molar-refractivity contribution is 9.11. The lowest BCUT2D eigenvalue weighted by molar-refractivity contribution is -0.177. The van der Waals surface area contributed by atoms with Crippen molar-refractivity contribution in [3.63, 3.8) is 0 Å². The number of rotatable bonds is 18. The number of fused-ring (bicyclic) bond motifs is 1. The van der Waals surface area contributed by atoms with E-state index in [0.717, 1.165) is 62.8 Å². The first kappa shape index (κ1) is 35.4. The summed E-state index contributed by atoms with van der Waals surface area (Å²) in [4.78, 5) is 10.1. The molecule has 4 nitrogen and oxygen atoms in total. The molecule has 0 radical (unpaired) electrons. The van der Waals surface area contributed by atoms with E-state index in [1.165, 1.54) is 61.2 Å². The molecule has 0 spiro atoms. The molecule has 4 rings (SSSR count). The molecule has 242 valence electrons. The molecular weight excluding hydrogens is 737 g/mol. The molecule has 3 heterocycles. The Morgan fingerprint density at radius 2 is 1.05 bits per heavy atom. The maximum absolute atomic E-state index is 14.5. The zero-order valence-corrected chi connectivity index (χ0v) is 30.4. The van der Waals surface area contributed by atoms with Gasteiger partial charge in [0.1, 0.15) is 0 Å². The summed E-state index contributed by atoms with van der Waals surface area (Å²) in [6.45, 7) is 6.28. The Morgan fingerprint density at radius 1 is 0.659 bits per heavy atom. The van der Waals surface area contributed by atoms with Gasteiger partial charge in [-0.1, -0.05) is 78.1 Å². The highest BCUT2D eigenvalue weighted by atomic mass is 79.9. The molecular formula is C33H41Br2F3N2O2S2. The lowest BCUT2D eigenvalue weighted by Crippen LogP contribution is -2.38. The van der Waals surface area contributed by atoms with Gasteiger partial charge in [0.25, 0.3) is 0 Å². The van der Waals surface area contributed by atoms with Gasteiger partial charge in [-0.3, -0.25) is 0 Å². The topological polar surface area (TPSA) is 43.2 Å². The molecule has 2 aromatic heterocycles. The fourth-order valence-electron chi connectivity index (χ4n) is 5.23. The minimum absolute atomic E-state index is 0.198. The van der Waals surface area contributed by atoms with Crippen molar-refractivity contribution in [1.82, 2.24) is 0 Å². The van der Waals surface area contributed by atoms with Gasteiger partial charge in [0.05, 0.1) is 42.6 Å². The predicted octanol–water partition coefficient (Wildman–Crippen LogP) is 11.7. The quantitative estimate of drug-likeness (QED) is 0.121. The normalized spacial score (nSPS) is 13.9. The Hall–Kier alpha value is -1.43. The highest BCUT2D eigenvalue weighted by Crippen LogP contribution is 2.47. The average molecular weight is 779 g/mol. The second-order valence-corrected chi connectivity index (χ2v) is 16.2. The second kappa shape index (κ2) is 16.4. The first-order chi connectivity index (χ1) is 21.1. The Balaban J connectivity index is 1.87. The number of alkyl halides is 3. The predicted molar refractivity (Wildman–Crippen MR) is 183 cm³/mol. The largest absolute Gasteiger partial charge is 0.489 e. The van der Waals surface area contributed by atoms with Crippen LogP contribution in [0.15, 0.2) is 41.8 Å². The molecule has 0 bridgehead atoms. The minimum atomic E-state index is -4.67. The van der Waals surface area contributed by atoms with E-state index in [-0.39, 0.29) is 10.7 Å². The van der Waals surface area contributed by atoms with Crippen LogP contribution in [0.25, 0.3) is 20.9 Å². The highest BCUT2D eigenvalue weighted by Gasteiger charge is 2.53. The Labute approximate surface area is 283 Å². The Kier molecular flexibility index (Phi) is 13.2. The fourth-order valence-corrected chi connectivity index (χ4v) is 8.09. The third-order valence-electron chi connectivity index (χ3n) is 7.68. The van der Waals surface area contributed by atoms with Crippen LogP contribution in [-0.2, 0) is 0 Å². The molecule has 44 heavy (non-hydrogen) atoms. The standard InChI is InChI=1S/C33H41Br2F3N2O2S2/c1-4-6-8-10-12-14-20-41-30-26(22-16-18-24(34)43-22)28-29(40-32(3,39-28)33(36,37)38)27(23-17-19-25(35)44-23)31(30)42-21-15-13-11-9-7-5-2/h16-19H,4-15,20-21H2,1-3H3. The number of nitrogens with zero attached hydrogens (tertiary/aromatic N) is 2. The fraction of sp³-hybridized carbons (Fsp3) is 0.576. The summed E-state index contributed by atoms with van der Waals surface area (Å²) in [6.07, 6.45) is 8.45. The maximum atomic E-state index is 14.5. The van der Waals surface area contributed by atoms with E-state index in [1.807, 2.05) is 24.3 Å². The second-order valence-electron chi connectivity index (χ2n) is 11.3. The van der Waals surface area contributed by atoms with Gasteiger partial charge >= 0.3 is 6.18 Å². The number of unbranched alkanes of at least 4 members (excludes halogenated alkanes) is 10. The van der Waals surface area contributed by atoms with Crippen molar-refractivity contribution in [2.24, 2.45) is 9.98 Å². The summed E-state index contributed by atoms with van der Waals surface area (Å²) in [5.41, 5.74) is -1.59. The van der Waals surface area contributed by atoms with E-state index in [1.54, 1.807) is 0 Å². The van der Waals surface area contributed by atoms with Gasteiger partial charge in [-0.25, -0.2) is 9.98 Å². The van der Waals surface area contributed by atoms with E-state index in [0.29, 0.717) is 35.8 Å². The molecule has 3 aromatic rings. The Morgan fingerprint density at radius 3 is 1.39 bits per heavy atom. The zero-order valence-electron chi connectivity index (χ0n) is 25.6. The van der Waals surface area contributed by atoms with Gasteiger partial charge < -0.3 is 9.47 Å². The van der Waals surface area contributed by atoms with Crippen LogP contribution in [0.2, 0.25) is 0 Å². The van der Waals surface area contributed by atoms with Crippen molar-refractivity contribution in [3.8, 4) is 32.4 Å². The molecule has 0 atom stereocenters. The van der Waals surface area contributed by atoms with Crippen molar-refractivity contribution in [2.75, 3.05) is 13.2 Å². The van der Waals surface area contributed by atoms with Crippen molar-refractivity contribution in [3.05, 3.63) is 42.6 Å². The number of hydrogen-bond donors (Lipinski definition) is 0. The van der Waals surface area contributed by atoms with Crippen molar-refractivity contribution in [2.45, 2.75) is 110 Å². The summed E-state index contributed by atoms with van der Waals surface area (Å²) in [5, 5.41) is 0.395. The van der Waals surface area contributed by atoms with Crippen LogP contribution in [0.4, 0.5) is 13.2 Å². The first-order valence-electron chi connectivity index (χ1n) is 15.6. The van der Waals surface area contributed by atoms with Crippen molar-refractivity contribution in [1.29, 1.82) is 0 Å². The van der Waals surface area contributed by atoms with Crippen LogP contribution in [0.5, 0.6) is 11.5 Å². The zero-order chi connectivity index (χ0) is 31.7. The lowest BCUT2D eigenvalue weighted by atomic mass is 10.0. The number of halogens is 5. The van der Waals surface area contributed by atoms with Gasteiger partial charge in [0.15, 0.2) is 11.5 Å². The summed E-state index contributed by atoms with van der Waals surface area (Å²) >= 11 is 9.94. The van der Waals surface area contributed by atoms with Crippen LogP contribution < -0.4 is 20.2 Å². The molecule has 0 aliphatic carbocycles. The third kappa shape index (κ3) is 8.68. The summed E-state index contributed by atoms with van der Waals surface area (Å²) in [7, 11) is 0. The molecule has 0 amide bonds. The van der Waals surface area contributed by atoms with E-state index in [4.69, 9.17) is 9.47 Å². The van der Waals surface area contributed by atoms with Gasteiger partial charge in [0, 0.05) is 9.75 Å². The SMILES string of the molecule is CCCCCCCCOc1c(OCCCCCCCC)c(-c2ccc(Br)s2)c2c(c1-c1ccc(Br)s1)=NC(C)(C(F)(F)F)N=2. The molecule has 0 saturated heterocycles. The third-order valence-corrected chi connectivity index (χ3v) is 11.0. The Bertz CT molecular complexity index is 1400. The van der Waals surface area contributed by atoms with Gasteiger partial charge in [-0.05, 0) is 75.9 Å². The van der Waals surface area contributed by atoms with Crippen LogP contribution in [0.3, 0.4) is 0 Å². The van der Waals surface area contributed by atoms with E-state index in [9.17, 15) is 13.2 Å². The van der Waals surface area contributed by atoms with Crippen molar-refractivity contribution < 1.29 is 22.6 Å². The molecule has 1 aliphatic heterocycles. The number of ether oxygens (including phenoxy) is 2. The lowest BCUT2D eigenvalue weighted by Gasteiger charge is -2.20. The molecule has 0 unspecified atom stereocenters. The number of benzene rings is 1. The molecule has 1 aromatic carbocycles. The summed E-state index contributed by atoms with van der Waals surface area (Å²) in [6, 6.07) is 7.56. The maximum Gasteiger partial charge on any atom is 0.433 e. The van der Waals surface area contributed by atoms with Crippen LogP contribution in [-0.4, -0.2) is 25.1 Å². The number of thiophene rings is 2. The summed E-state index contributed by atoms with van der Waals surface area (Å²) < 4.78 is 58.3. The monoisotopic (exact) mass is 776 g/mol. The van der Waals surface area contributed by atoms with Crippen LogP contribution in [0, 0.1) is 0 Å². The van der Waals surface area contributed by atoms with Gasteiger partial charge in [-0.15, -0.1) is 22.7 Å². The molecule has 0 N–H and O–H groups in total. The molecule has 0 saturated carbocycles. The van der Waals surface area contributed by atoms with Crippen molar-refractivity contribution >= 4 is 54.5 Å². The van der Waals surface area contributed by atoms with Crippen LogP contribution >= 0.6 is 54.5 Å². The van der Waals surface area contributed by atoms with Gasteiger partial charge in [0.2, 0.25) is 5.66 Å². The number of hydrogen-bond acceptors (Lipinski definition) is 6. The molecule has 0 fully saturated rings. The van der Waals surface area contributed by atoms with E-state index >= 15 is 0 Å². The minimum Gasteiger partial charge on any atom is -0.489 e.